The monoisotopic (exact) mass is 333 g/mol. The first-order chi connectivity index (χ1) is 10.7. The Kier molecular flexibility index (Phi) is 7.87. The zero-order valence-electron chi connectivity index (χ0n) is 13.2. The number of hydrogen-bond acceptors (Lipinski definition) is 4. The molecule has 2 aromatic rings. The maximum Gasteiger partial charge on any atom is 0.175 e. The lowest BCUT2D eigenvalue weighted by atomic mass is 10.3. The van der Waals surface area contributed by atoms with E-state index in [2.05, 4.69) is 10.6 Å². The lowest BCUT2D eigenvalue weighted by molar-refractivity contribution is 0.340. The molecule has 6 heteroatoms. The predicted molar refractivity (Wildman–Crippen MR) is 97.0 cm³/mol. The van der Waals surface area contributed by atoms with Crippen molar-refractivity contribution in [3.63, 3.8) is 0 Å². The molecular weight excluding hydrogens is 312 g/mol. The summed E-state index contributed by atoms with van der Waals surface area (Å²) in [5.74, 6) is 1.69. The van der Waals surface area contributed by atoms with Crippen molar-refractivity contribution in [1.82, 2.24) is 0 Å². The first-order valence-corrected chi connectivity index (χ1v) is 7.65. The Morgan fingerprint density at radius 1 is 0.783 bits per heavy atom. The van der Waals surface area contributed by atoms with E-state index in [4.69, 9.17) is 21.7 Å². The zero-order chi connectivity index (χ0) is 15.8. The Morgan fingerprint density at radius 2 is 1.13 bits per heavy atom. The molecule has 2 rings (SSSR count). The van der Waals surface area contributed by atoms with Gasteiger partial charge in [0, 0.05) is 11.4 Å². The van der Waals surface area contributed by atoms with Gasteiger partial charge >= 0.3 is 0 Å². The molecule has 0 bridgehead atoms. The van der Waals surface area contributed by atoms with Gasteiger partial charge in [-0.1, -0.05) is 0 Å². The van der Waals surface area contributed by atoms with Crippen molar-refractivity contribution < 1.29 is 14.9 Å². The summed E-state index contributed by atoms with van der Waals surface area (Å²) in [6.45, 7) is 5.24. The highest BCUT2D eigenvalue weighted by Gasteiger charge is 2.00. The van der Waals surface area contributed by atoms with Crippen molar-refractivity contribution in [2.24, 2.45) is 0 Å². The summed E-state index contributed by atoms with van der Waals surface area (Å²) in [6.07, 6.45) is 0. The first-order valence-electron chi connectivity index (χ1n) is 7.25. The van der Waals surface area contributed by atoms with E-state index >= 15 is 0 Å². The van der Waals surface area contributed by atoms with E-state index in [9.17, 15) is 0 Å². The van der Waals surface area contributed by atoms with Crippen LogP contribution in [0.5, 0.6) is 11.5 Å². The van der Waals surface area contributed by atoms with E-state index in [1.165, 1.54) is 0 Å². The summed E-state index contributed by atoms with van der Waals surface area (Å²) < 4.78 is 10.8. The topological polar surface area (TPSA) is 72.5 Å². The third-order valence-electron chi connectivity index (χ3n) is 2.85. The second-order valence-electron chi connectivity index (χ2n) is 4.49. The van der Waals surface area contributed by atoms with Gasteiger partial charge in [-0.2, -0.15) is 0 Å². The third kappa shape index (κ3) is 6.14. The van der Waals surface area contributed by atoms with Crippen LogP contribution in [-0.4, -0.2) is 23.8 Å². The molecule has 0 aliphatic rings. The molecule has 0 fully saturated rings. The summed E-state index contributed by atoms with van der Waals surface area (Å²) in [7, 11) is 0. The fraction of sp³-hybridized carbons (Fsp3) is 0.235. The molecule has 0 saturated heterocycles. The lowest BCUT2D eigenvalue weighted by Gasteiger charge is -2.12. The van der Waals surface area contributed by atoms with E-state index in [-0.39, 0.29) is 5.48 Å². The lowest BCUT2D eigenvalue weighted by Crippen LogP contribution is -2.18. The number of hydrogen-bond donors (Lipinski definition) is 2. The fourth-order valence-electron chi connectivity index (χ4n) is 1.90. The molecule has 0 aliphatic carbocycles. The first kappa shape index (κ1) is 18.7. The normalized spacial score (nSPS) is 9.48. The van der Waals surface area contributed by atoms with Crippen LogP contribution >= 0.6 is 12.2 Å². The summed E-state index contributed by atoms with van der Waals surface area (Å²) in [6, 6.07) is 15.3. The number of ether oxygens (including phenoxy) is 2. The van der Waals surface area contributed by atoms with Crippen LogP contribution < -0.4 is 20.1 Å². The summed E-state index contributed by atoms with van der Waals surface area (Å²) >= 11 is 5.30. The Morgan fingerprint density at radius 3 is 1.43 bits per heavy atom. The van der Waals surface area contributed by atoms with Crippen molar-refractivity contribution in [2.75, 3.05) is 23.8 Å². The Labute approximate surface area is 141 Å². The minimum atomic E-state index is 0. The number of thiocarbonyl (C=S) groups is 1. The maximum absolute atomic E-state index is 5.40. The highest BCUT2D eigenvalue weighted by molar-refractivity contribution is 7.80. The van der Waals surface area contributed by atoms with Crippen molar-refractivity contribution in [3.05, 3.63) is 48.5 Å². The average molecular weight is 333 g/mol. The Bertz CT molecular complexity index is 547. The standard InChI is InChI=1S/C17H20N2O2S.H2O/c1-3-20-15-9-5-13(6-10-15)18-17(22)19-14-7-11-16(12-8-14)21-4-2;/h5-12H,3-4H2,1-2H3,(H2,18,19,22);1H2/p-1. The molecule has 0 heterocycles. The molecule has 0 amide bonds. The fourth-order valence-corrected chi connectivity index (χ4v) is 2.13. The minimum absolute atomic E-state index is 0. The molecule has 3 N–H and O–H groups in total. The molecule has 0 aliphatic heterocycles. The van der Waals surface area contributed by atoms with Gasteiger partial charge in [0.2, 0.25) is 0 Å². The van der Waals surface area contributed by atoms with Crippen LogP contribution in [0.3, 0.4) is 0 Å². The molecule has 5 nitrogen and oxygen atoms in total. The Balaban J connectivity index is 0.00000264. The SMILES string of the molecule is CCOc1ccc(NC(=S)Nc2ccc(OCC)cc2)cc1.[OH-]. The van der Waals surface area contributed by atoms with Crippen LogP contribution in [0.2, 0.25) is 0 Å². The largest absolute Gasteiger partial charge is 0.870 e. The van der Waals surface area contributed by atoms with Crippen LogP contribution in [0.15, 0.2) is 48.5 Å². The molecule has 0 atom stereocenters. The number of rotatable bonds is 6. The molecule has 0 radical (unpaired) electrons. The van der Waals surface area contributed by atoms with Crippen LogP contribution in [0.1, 0.15) is 13.8 Å². The van der Waals surface area contributed by atoms with Gasteiger partial charge in [-0.05, 0) is 74.6 Å². The van der Waals surface area contributed by atoms with Crippen molar-refractivity contribution in [1.29, 1.82) is 0 Å². The van der Waals surface area contributed by atoms with Gasteiger partial charge in [-0.15, -0.1) is 0 Å². The molecule has 0 unspecified atom stereocenters. The third-order valence-corrected chi connectivity index (χ3v) is 3.05. The van der Waals surface area contributed by atoms with Gasteiger partial charge in [-0.25, -0.2) is 0 Å². The maximum atomic E-state index is 5.40. The minimum Gasteiger partial charge on any atom is -0.870 e. The van der Waals surface area contributed by atoms with Gasteiger partial charge < -0.3 is 25.6 Å². The van der Waals surface area contributed by atoms with Crippen LogP contribution in [0.4, 0.5) is 11.4 Å². The van der Waals surface area contributed by atoms with E-state index in [0.717, 1.165) is 22.9 Å². The van der Waals surface area contributed by atoms with E-state index in [1.807, 2.05) is 62.4 Å². The highest BCUT2D eigenvalue weighted by Crippen LogP contribution is 2.18. The van der Waals surface area contributed by atoms with E-state index < -0.39 is 0 Å². The van der Waals surface area contributed by atoms with Gasteiger partial charge in [-0.3, -0.25) is 0 Å². The van der Waals surface area contributed by atoms with Crippen molar-refractivity contribution >= 4 is 28.7 Å². The van der Waals surface area contributed by atoms with Gasteiger partial charge in [0.15, 0.2) is 5.11 Å². The van der Waals surface area contributed by atoms with Gasteiger partial charge in [0.1, 0.15) is 11.5 Å². The quantitative estimate of drug-likeness (QED) is 0.775. The van der Waals surface area contributed by atoms with Crippen LogP contribution in [0, 0.1) is 0 Å². The van der Waals surface area contributed by atoms with E-state index in [1.54, 1.807) is 0 Å². The van der Waals surface area contributed by atoms with E-state index in [0.29, 0.717) is 18.3 Å². The van der Waals surface area contributed by atoms with Gasteiger partial charge in [0.25, 0.3) is 0 Å². The van der Waals surface area contributed by atoms with Crippen LogP contribution in [0.25, 0.3) is 0 Å². The molecule has 23 heavy (non-hydrogen) atoms. The van der Waals surface area contributed by atoms with Crippen molar-refractivity contribution in [2.45, 2.75) is 13.8 Å². The molecule has 0 aromatic heterocycles. The number of anilines is 2. The highest BCUT2D eigenvalue weighted by atomic mass is 32.1. The molecule has 124 valence electrons. The molecular formula is C17H21N2O3S-. The van der Waals surface area contributed by atoms with Gasteiger partial charge in [0.05, 0.1) is 13.2 Å². The molecule has 0 saturated carbocycles. The second-order valence-corrected chi connectivity index (χ2v) is 4.90. The van der Waals surface area contributed by atoms with Crippen molar-refractivity contribution in [3.8, 4) is 11.5 Å². The van der Waals surface area contributed by atoms with Crippen LogP contribution in [-0.2, 0) is 0 Å². The zero-order valence-corrected chi connectivity index (χ0v) is 14.0. The summed E-state index contributed by atoms with van der Waals surface area (Å²) in [4.78, 5) is 0. The molecule has 0 spiro atoms. The smallest absolute Gasteiger partial charge is 0.175 e. The number of benzene rings is 2. The summed E-state index contributed by atoms with van der Waals surface area (Å²) in [5.41, 5.74) is 1.82. The predicted octanol–water partition coefficient (Wildman–Crippen LogP) is 4.12. The Hall–Kier alpha value is -2.31. The summed E-state index contributed by atoms with van der Waals surface area (Å²) in [5, 5.41) is 6.80. The second kappa shape index (κ2) is 9.66. The molecule has 2 aromatic carbocycles. The number of nitrogens with one attached hydrogen (secondary N) is 2. The average Bonchev–Trinajstić information content (AvgIpc) is 2.52.